The molecule has 0 saturated heterocycles. The molecule has 0 bridgehead atoms. The molecule has 36 heavy (non-hydrogen) atoms. The number of para-hydroxylation sites is 1. The number of Topliss-reactive ketones (excluding diaryl/α,β-unsaturated/α-hetero) is 1. The van der Waals surface area contributed by atoms with Crippen molar-refractivity contribution in [3.05, 3.63) is 83.2 Å². The number of carbonyl (C=O) groups excluding carboxylic acids is 1. The van der Waals surface area contributed by atoms with Gasteiger partial charge in [0.2, 0.25) is 0 Å². The van der Waals surface area contributed by atoms with Gasteiger partial charge in [0, 0.05) is 36.5 Å². The lowest BCUT2D eigenvalue weighted by Crippen LogP contribution is -2.29. The minimum Gasteiger partial charge on any atom is -0.490 e. The number of carbonyl (C=O) groups is 1. The first-order valence-corrected chi connectivity index (χ1v) is 13.5. The van der Waals surface area contributed by atoms with Gasteiger partial charge in [0.15, 0.2) is 0 Å². The van der Waals surface area contributed by atoms with Gasteiger partial charge in [-0.25, -0.2) is 0 Å². The Morgan fingerprint density at radius 2 is 1.94 bits per heavy atom. The molecule has 1 aromatic heterocycles. The molecule has 0 spiro atoms. The van der Waals surface area contributed by atoms with Gasteiger partial charge in [-0.1, -0.05) is 43.3 Å². The molecular formula is C32H38N2O2. The van der Waals surface area contributed by atoms with Crippen LogP contribution in [-0.4, -0.2) is 16.9 Å². The van der Waals surface area contributed by atoms with Gasteiger partial charge in [-0.2, -0.15) is 0 Å². The van der Waals surface area contributed by atoms with Crippen molar-refractivity contribution in [1.29, 1.82) is 0 Å². The number of hydrogen-bond donors (Lipinski definition) is 1. The van der Waals surface area contributed by atoms with E-state index in [-0.39, 0.29) is 11.3 Å². The predicted molar refractivity (Wildman–Crippen MR) is 145 cm³/mol. The van der Waals surface area contributed by atoms with Crippen LogP contribution >= 0.6 is 0 Å². The number of nitrogens with zero attached hydrogens (tertiary/aromatic N) is 1. The van der Waals surface area contributed by atoms with Crippen LogP contribution in [0.3, 0.4) is 0 Å². The lowest BCUT2D eigenvalue weighted by Gasteiger charge is -2.23. The van der Waals surface area contributed by atoms with Gasteiger partial charge in [0.25, 0.3) is 0 Å². The molecule has 0 aliphatic heterocycles. The number of nitrogens with one attached hydrogen (secondary N) is 1. The van der Waals surface area contributed by atoms with Crippen LogP contribution in [0.1, 0.15) is 87.0 Å². The van der Waals surface area contributed by atoms with Gasteiger partial charge >= 0.3 is 0 Å². The van der Waals surface area contributed by atoms with E-state index in [1.165, 1.54) is 27.8 Å². The first-order valence-electron chi connectivity index (χ1n) is 13.5. The summed E-state index contributed by atoms with van der Waals surface area (Å²) in [5, 5.41) is 3.93. The largest absolute Gasteiger partial charge is 0.490 e. The number of pyridine rings is 1. The summed E-state index contributed by atoms with van der Waals surface area (Å²) in [6.45, 7) is 6.98. The molecule has 5 rings (SSSR count). The molecule has 1 N–H and O–H groups in total. The molecule has 2 saturated carbocycles. The number of benzene rings is 2. The highest BCUT2D eigenvalue weighted by atomic mass is 16.5. The Labute approximate surface area is 215 Å². The monoisotopic (exact) mass is 482 g/mol. The Morgan fingerprint density at radius 3 is 2.69 bits per heavy atom. The van der Waals surface area contributed by atoms with Gasteiger partial charge in [0.1, 0.15) is 11.5 Å². The van der Waals surface area contributed by atoms with Crippen molar-refractivity contribution >= 4 is 5.78 Å². The summed E-state index contributed by atoms with van der Waals surface area (Å²) in [5.74, 6) is 1.71. The van der Waals surface area contributed by atoms with E-state index >= 15 is 0 Å². The number of aryl methyl sites for hydroxylation is 1. The Hall–Kier alpha value is -2.98. The SMILES string of the molecule is CC(=O)CCCC(C)c1ccc(C)c(CNC2(c3cnccc3-c3ccccc3OC3CC3)CC2)c1. The zero-order chi connectivity index (χ0) is 25.1. The molecular weight excluding hydrogens is 444 g/mol. The Balaban J connectivity index is 1.34. The average molecular weight is 483 g/mol. The van der Waals surface area contributed by atoms with E-state index < -0.39 is 0 Å². The van der Waals surface area contributed by atoms with E-state index in [4.69, 9.17) is 4.74 Å². The summed E-state index contributed by atoms with van der Waals surface area (Å²) in [7, 11) is 0. The number of aromatic nitrogens is 1. The number of rotatable bonds is 12. The second-order valence-electron chi connectivity index (χ2n) is 10.9. The topological polar surface area (TPSA) is 51.2 Å². The maximum absolute atomic E-state index is 11.3. The highest BCUT2D eigenvalue weighted by molar-refractivity contribution is 5.75. The van der Waals surface area contributed by atoms with Crippen LogP contribution in [0.2, 0.25) is 0 Å². The van der Waals surface area contributed by atoms with Gasteiger partial charge in [-0.15, -0.1) is 0 Å². The van der Waals surface area contributed by atoms with E-state index in [0.717, 1.165) is 56.4 Å². The van der Waals surface area contributed by atoms with Gasteiger partial charge < -0.3 is 14.8 Å². The van der Waals surface area contributed by atoms with Crippen molar-refractivity contribution in [3.8, 4) is 16.9 Å². The van der Waals surface area contributed by atoms with E-state index in [1.807, 2.05) is 12.4 Å². The normalized spacial score (nSPS) is 17.0. The maximum atomic E-state index is 11.3. The first kappa shape index (κ1) is 24.7. The van der Waals surface area contributed by atoms with Crippen LogP contribution in [0, 0.1) is 6.92 Å². The zero-order valence-corrected chi connectivity index (χ0v) is 21.8. The molecule has 4 nitrogen and oxygen atoms in total. The summed E-state index contributed by atoms with van der Waals surface area (Å²) in [6.07, 6.45) is 11.5. The third-order valence-corrected chi connectivity index (χ3v) is 7.81. The van der Waals surface area contributed by atoms with Crippen LogP contribution < -0.4 is 10.1 Å². The number of hydrogen-bond acceptors (Lipinski definition) is 4. The lowest BCUT2D eigenvalue weighted by molar-refractivity contribution is -0.117. The molecule has 0 amide bonds. The standard InChI is InChI=1S/C32H38N2O2/c1-22(7-6-8-24(3)35)25-12-11-23(2)26(19-25)20-34-32(16-17-32)30-21-33-18-15-28(30)29-9-4-5-10-31(29)36-27-13-14-27/h4-5,9-12,15,18-19,21-22,27,34H,6-8,13-14,16-17,20H2,1-3H3. The minimum atomic E-state index is -0.0498. The van der Waals surface area contributed by atoms with Crippen LogP contribution in [0.4, 0.5) is 0 Å². The zero-order valence-electron chi connectivity index (χ0n) is 21.8. The fraction of sp³-hybridized carbons (Fsp3) is 0.438. The molecule has 1 atom stereocenters. The minimum absolute atomic E-state index is 0.0498. The van der Waals surface area contributed by atoms with Crippen molar-refractivity contribution in [2.24, 2.45) is 0 Å². The second kappa shape index (κ2) is 10.6. The summed E-state index contributed by atoms with van der Waals surface area (Å²) >= 11 is 0. The summed E-state index contributed by atoms with van der Waals surface area (Å²) < 4.78 is 6.26. The van der Waals surface area contributed by atoms with Crippen molar-refractivity contribution < 1.29 is 9.53 Å². The molecule has 2 aliphatic rings. The Kier molecular flexibility index (Phi) is 7.25. The Morgan fingerprint density at radius 1 is 1.14 bits per heavy atom. The highest BCUT2D eigenvalue weighted by Gasteiger charge is 2.45. The van der Waals surface area contributed by atoms with E-state index in [2.05, 4.69) is 72.7 Å². The smallest absolute Gasteiger partial charge is 0.129 e. The van der Waals surface area contributed by atoms with Crippen molar-refractivity contribution in [2.45, 2.75) is 89.8 Å². The molecule has 2 fully saturated rings. The van der Waals surface area contributed by atoms with Crippen LogP contribution in [0.5, 0.6) is 5.75 Å². The molecule has 1 heterocycles. The lowest BCUT2D eigenvalue weighted by atomic mass is 9.91. The number of ether oxygens (including phenoxy) is 1. The van der Waals surface area contributed by atoms with E-state index in [9.17, 15) is 4.79 Å². The number of ketones is 1. The summed E-state index contributed by atoms with van der Waals surface area (Å²) in [6, 6.07) is 17.4. The molecule has 0 radical (unpaired) electrons. The fourth-order valence-electron chi connectivity index (χ4n) is 5.11. The Bertz CT molecular complexity index is 1230. The van der Waals surface area contributed by atoms with Gasteiger partial charge in [-0.05, 0) is 98.2 Å². The maximum Gasteiger partial charge on any atom is 0.129 e. The quantitative estimate of drug-likeness (QED) is 0.296. The summed E-state index contributed by atoms with van der Waals surface area (Å²) in [4.78, 5) is 15.9. The molecule has 3 aromatic rings. The highest BCUT2D eigenvalue weighted by Crippen LogP contribution is 2.50. The first-order chi connectivity index (χ1) is 17.4. The average Bonchev–Trinajstić information content (AvgIpc) is 3.81. The van der Waals surface area contributed by atoms with Crippen LogP contribution in [0.15, 0.2) is 60.9 Å². The van der Waals surface area contributed by atoms with Crippen molar-refractivity contribution in [1.82, 2.24) is 10.3 Å². The summed E-state index contributed by atoms with van der Waals surface area (Å²) in [5.41, 5.74) is 7.62. The molecule has 188 valence electrons. The van der Waals surface area contributed by atoms with Crippen molar-refractivity contribution in [2.75, 3.05) is 0 Å². The molecule has 2 aliphatic carbocycles. The third kappa shape index (κ3) is 5.70. The molecule has 1 unspecified atom stereocenters. The fourth-order valence-corrected chi connectivity index (χ4v) is 5.11. The van der Waals surface area contributed by atoms with Gasteiger partial charge in [-0.3, -0.25) is 4.98 Å². The van der Waals surface area contributed by atoms with Crippen LogP contribution in [0.25, 0.3) is 11.1 Å². The van der Waals surface area contributed by atoms with Crippen LogP contribution in [-0.2, 0) is 16.9 Å². The molecule has 4 heteroatoms. The predicted octanol–water partition coefficient (Wildman–Crippen LogP) is 7.24. The van der Waals surface area contributed by atoms with E-state index in [1.54, 1.807) is 6.92 Å². The van der Waals surface area contributed by atoms with E-state index in [0.29, 0.717) is 18.4 Å². The molecule has 2 aromatic carbocycles. The second-order valence-corrected chi connectivity index (χ2v) is 10.9. The third-order valence-electron chi connectivity index (χ3n) is 7.81. The van der Waals surface area contributed by atoms with Gasteiger partial charge in [0.05, 0.1) is 6.10 Å². The van der Waals surface area contributed by atoms with Crippen molar-refractivity contribution in [3.63, 3.8) is 0 Å².